The zero-order valence-electron chi connectivity index (χ0n) is 9.19. The minimum absolute atomic E-state index is 0.498. The van der Waals surface area contributed by atoms with Crippen molar-refractivity contribution in [3.8, 4) is 0 Å². The highest BCUT2D eigenvalue weighted by molar-refractivity contribution is 7.91. The summed E-state index contributed by atoms with van der Waals surface area (Å²) < 4.78 is 24.5. The second-order valence-corrected chi connectivity index (χ2v) is 6.53. The Balaban J connectivity index is 2.42. The Morgan fingerprint density at radius 3 is 2.47 bits per heavy atom. The van der Waals surface area contributed by atoms with E-state index < -0.39 is 50.8 Å². The van der Waals surface area contributed by atoms with E-state index in [2.05, 4.69) is 4.98 Å². The van der Waals surface area contributed by atoms with Crippen LogP contribution in [0.5, 0.6) is 0 Å². The molecule has 0 atom stereocenters. The van der Waals surface area contributed by atoms with Crippen LogP contribution < -0.4 is 5.32 Å². The summed E-state index contributed by atoms with van der Waals surface area (Å²) in [5, 5.41) is 10.8. The van der Waals surface area contributed by atoms with Crippen LogP contribution in [0.25, 0.3) is 0 Å². The average molecular weight is 305 g/mol. The van der Waals surface area contributed by atoms with E-state index in [4.69, 9.17) is 5.11 Å². The SMILES string of the molecule is O=C1CN(S(=O)(=O)c2scnc2C(=O)O)CC(=O)N1. The lowest BCUT2D eigenvalue weighted by Crippen LogP contribution is -2.53. The molecule has 0 aliphatic carbocycles. The largest absolute Gasteiger partial charge is 0.476 e. The number of piperazine rings is 1. The molecule has 9 nitrogen and oxygen atoms in total. The molecule has 1 aliphatic rings. The van der Waals surface area contributed by atoms with E-state index in [0.29, 0.717) is 15.6 Å². The minimum Gasteiger partial charge on any atom is -0.476 e. The van der Waals surface area contributed by atoms with Crippen LogP contribution in [0, 0.1) is 0 Å². The average Bonchev–Trinajstić information content (AvgIpc) is 2.76. The van der Waals surface area contributed by atoms with E-state index in [1.807, 2.05) is 5.32 Å². The predicted octanol–water partition coefficient (Wildman–Crippen LogP) is -1.51. The first kappa shape index (κ1) is 13.6. The third kappa shape index (κ3) is 2.47. The van der Waals surface area contributed by atoms with Gasteiger partial charge in [-0.1, -0.05) is 0 Å². The van der Waals surface area contributed by atoms with Crippen molar-refractivity contribution in [1.82, 2.24) is 14.6 Å². The summed E-state index contributed by atoms with van der Waals surface area (Å²) in [6.45, 7) is -1.07. The first-order valence-electron chi connectivity index (χ1n) is 4.82. The standard InChI is InChI=1S/C8H7N3O6S2/c12-4-1-11(2-5(13)10-4)19(16,17)8-6(7(14)15)9-3-18-8/h3H,1-2H2,(H,14,15)(H,10,12,13). The van der Waals surface area contributed by atoms with Crippen molar-refractivity contribution < 1.29 is 27.9 Å². The number of nitrogens with one attached hydrogen (secondary N) is 1. The molecule has 0 saturated carbocycles. The monoisotopic (exact) mass is 305 g/mol. The molecule has 2 amide bonds. The number of thiazole rings is 1. The van der Waals surface area contributed by atoms with Crippen molar-refractivity contribution in [2.24, 2.45) is 0 Å². The quantitative estimate of drug-likeness (QED) is 0.648. The summed E-state index contributed by atoms with van der Waals surface area (Å²) in [6.07, 6.45) is 0. The lowest BCUT2D eigenvalue weighted by Gasteiger charge is -2.24. The summed E-state index contributed by atoms with van der Waals surface area (Å²) in [6, 6.07) is 0. The number of amides is 2. The summed E-state index contributed by atoms with van der Waals surface area (Å²) in [5.74, 6) is -3.02. The Kier molecular flexibility index (Phi) is 3.34. The Morgan fingerprint density at radius 1 is 1.37 bits per heavy atom. The maximum atomic E-state index is 12.2. The Morgan fingerprint density at radius 2 is 1.95 bits per heavy atom. The van der Waals surface area contributed by atoms with Crippen LogP contribution in [0.3, 0.4) is 0 Å². The molecule has 0 unspecified atom stereocenters. The number of aromatic carboxylic acids is 1. The molecular weight excluding hydrogens is 298 g/mol. The smallest absolute Gasteiger partial charge is 0.356 e. The molecule has 11 heteroatoms. The zero-order valence-corrected chi connectivity index (χ0v) is 10.8. The van der Waals surface area contributed by atoms with Crippen LogP contribution in [-0.4, -0.2) is 53.7 Å². The third-order valence-electron chi connectivity index (χ3n) is 2.23. The van der Waals surface area contributed by atoms with Gasteiger partial charge in [-0.3, -0.25) is 14.9 Å². The first-order chi connectivity index (χ1) is 8.82. The fourth-order valence-corrected chi connectivity index (χ4v) is 4.09. The van der Waals surface area contributed by atoms with Gasteiger partial charge in [0.05, 0.1) is 18.6 Å². The molecular formula is C8H7N3O6S2. The molecule has 0 aromatic carbocycles. The van der Waals surface area contributed by atoms with Gasteiger partial charge in [-0.15, -0.1) is 11.3 Å². The van der Waals surface area contributed by atoms with Crippen molar-refractivity contribution in [1.29, 1.82) is 0 Å². The molecule has 2 heterocycles. The molecule has 1 saturated heterocycles. The van der Waals surface area contributed by atoms with Gasteiger partial charge in [0.25, 0.3) is 10.0 Å². The molecule has 0 bridgehead atoms. The first-order valence-corrected chi connectivity index (χ1v) is 7.14. The summed E-state index contributed by atoms with van der Waals surface area (Å²) in [4.78, 5) is 36.6. The Bertz CT molecular complexity index is 648. The molecule has 0 radical (unpaired) electrons. The number of hydrogen-bond donors (Lipinski definition) is 2. The summed E-state index contributed by atoms with van der Waals surface area (Å²) in [5.41, 5.74) is 0.450. The lowest BCUT2D eigenvalue weighted by atomic mass is 10.4. The molecule has 1 aromatic rings. The number of aromatic nitrogens is 1. The second-order valence-electron chi connectivity index (χ2n) is 3.54. The number of sulfonamides is 1. The summed E-state index contributed by atoms with van der Waals surface area (Å²) >= 11 is 0.616. The van der Waals surface area contributed by atoms with Crippen molar-refractivity contribution in [3.63, 3.8) is 0 Å². The lowest BCUT2D eigenvalue weighted by molar-refractivity contribution is -0.134. The minimum atomic E-state index is -4.23. The van der Waals surface area contributed by atoms with Crippen LogP contribution in [0.2, 0.25) is 0 Å². The van der Waals surface area contributed by atoms with Gasteiger partial charge in [-0.05, 0) is 0 Å². The molecule has 0 spiro atoms. The molecule has 102 valence electrons. The zero-order chi connectivity index (χ0) is 14.2. The molecule has 1 aliphatic heterocycles. The number of carbonyl (C=O) groups excluding carboxylic acids is 2. The van der Waals surface area contributed by atoms with Crippen molar-refractivity contribution in [2.75, 3.05) is 13.1 Å². The Hall–Kier alpha value is -1.85. The van der Waals surface area contributed by atoms with Gasteiger partial charge < -0.3 is 5.11 Å². The van der Waals surface area contributed by atoms with E-state index in [0.717, 1.165) is 5.51 Å². The number of carbonyl (C=O) groups is 3. The van der Waals surface area contributed by atoms with Gasteiger partial charge in [0.1, 0.15) is 0 Å². The van der Waals surface area contributed by atoms with Crippen LogP contribution in [0.15, 0.2) is 9.72 Å². The number of hydrogen-bond acceptors (Lipinski definition) is 7. The number of nitrogens with zero attached hydrogens (tertiary/aromatic N) is 2. The number of imide groups is 1. The summed E-state index contributed by atoms with van der Waals surface area (Å²) in [7, 11) is -4.23. The van der Waals surface area contributed by atoms with Crippen molar-refractivity contribution >= 4 is 39.1 Å². The highest BCUT2D eigenvalue weighted by Gasteiger charge is 2.36. The topological polar surface area (TPSA) is 134 Å². The maximum Gasteiger partial charge on any atom is 0.356 e. The van der Waals surface area contributed by atoms with E-state index in [-0.39, 0.29) is 0 Å². The van der Waals surface area contributed by atoms with E-state index in [1.165, 1.54) is 0 Å². The van der Waals surface area contributed by atoms with Gasteiger partial charge in [0.2, 0.25) is 11.8 Å². The number of rotatable bonds is 3. The van der Waals surface area contributed by atoms with Gasteiger partial charge in [-0.25, -0.2) is 18.2 Å². The normalized spacial score (nSPS) is 17.3. The fraction of sp³-hybridized carbons (Fsp3) is 0.250. The van der Waals surface area contributed by atoms with Gasteiger partial charge in [0, 0.05) is 0 Å². The van der Waals surface area contributed by atoms with Crippen molar-refractivity contribution in [2.45, 2.75) is 4.21 Å². The van der Waals surface area contributed by atoms with E-state index in [1.54, 1.807) is 0 Å². The molecule has 2 rings (SSSR count). The molecule has 1 fully saturated rings. The van der Waals surface area contributed by atoms with E-state index in [9.17, 15) is 22.8 Å². The second kappa shape index (κ2) is 4.68. The number of carboxylic acids is 1. The van der Waals surface area contributed by atoms with Crippen LogP contribution in [0.4, 0.5) is 0 Å². The highest BCUT2D eigenvalue weighted by atomic mass is 32.2. The van der Waals surface area contributed by atoms with Gasteiger partial charge >= 0.3 is 5.97 Å². The highest BCUT2D eigenvalue weighted by Crippen LogP contribution is 2.24. The van der Waals surface area contributed by atoms with Crippen LogP contribution in [0.1, 0.15) is 10.5 Å². The third-order valence-corrected chi connectivity index (χ3v) is 5.37. The predicted molar refractivity (Wildman–Crippen MR) is 61.0 cm³/mol. The number of carboxylic acid groups (broad SMARTS) is 1. The van der Waals surface area contributed by atoms with Gasteiger partial charge in [-0.2, -0.15) is 4.31 Å². The van der Waals surface area contributed by atoms with Crippen LogP contribution >= 0.6 is 11.3 Å². The van der Waals surface area contributed by atoms with E-state index >= 15 is 0 Å². The van der Waals surface area contributed by atoms with Crippen LogP contribution in [-0.2, 0) is 19.6 Å². The fourth-order valence-electron chi connectivity index (χ4n) is 1.46. The molecule has 19 heavy (non-hydrogen) atoms. The van der Waals surface area contributed by atoms with Crippen molar-refractivity contribution in [3.05, 3.63) is 11.2 Å². The maximum absolute atomic E-state index is 12.2. The van der Waals surface area contributed by atoms with Gasteiger partial charge in [0.15, 0.2) is 9.90 Å². The molecule has 1 aromatic heterocycles. The molecule has 2 N–H and O–H groups in total. The Labute approximate surface area is 110 Å².